The number of para-hydroxylation sites is 1. The lowest BCUT2D eigenvalue weighted by Crippen LogP contribution is -2.45. The number of oxazole rings is 1. The normalized spacial score (nSPS) is 18.2. The molecule has 2 aromatic heterocycles. The number of hydrogen-bond acceptors (Lipinski definition) is 6. The first kappa shape index (κ1) is 22.0. The summed E-state index contributed by atoms with van der Waals surface area (Å²) in [7, 11) is 0. The van der Waals surface area contributed by atoms with E-state index in [9.17, 15) is 9.90 Å². The van der Waals surface area contributed by atoms with E-state index in [0.717, 1.165) is 24.1 Å². The molecule has 0 saturated carbocycles. The number of carbonyl (C=O) groups excluding carboxylic acids is 1. The van der Waals surface area contributed by atoms with Gasteiger partial charge in [-0.15, -0.1) is 0 Å². The molecule has 1 fully saturated rings. The molecule has 4 aromatic rings. The lowest BCUT2D eigenvalue weighted by Gasteiger charge is -2.37. The van der Waals surface area contributed by atoms with Gasteiger partial charge in [0.25, 0.3) is 5.91 Å². The minimum atomic E-state index is -0.0597. The maximum Gasteiger partial charge on any atom is 0.256 e. The second-order valence-corrected chi connectivity index (χ2v) is 8.58. The number of rotatable bonds is 6. The van der Waals surface area contributed by atoms with E-state index in [-0.39, 0.29) is 24.5 Å². The van der Waals surface area contributed by atoms with Crippen molar-refractivity contribution in [2.24, 2.45) is 0 Å². The number of piperidine rings is 1. The highest BCUT2D eigenvalue weighted by molar-refractivity contribution is 5.98. The molecule has 0 unspecified atom stereocenters. The highest BCUT2D eigenvalue weighted by Crippen LogP contribution is 2.35. The Balaban J connectivity index is 1.44. The van der Waals surface area contributed by atoms with Gasteiger partial charge in [-0.2, -0.15) is 15.0 Å². The van der Waals surface area contributed by atoms with Crippen LogP contribution in [0.4, 0.5) is 0 Å². The van der Waals surface area contributed by atoms with Gasteiger partial charge in [0, 0.05) is 31.2 Å². The molecule has 1 amide bonds. The minimum Gasteiger partial charge on any atom is -0.440 e. The quantitative estimate of drug-likeness (QED) is 0.472. The third-order valence-electron chi connectivity index (χ3n) is 6.36. The van der Waals surface area contributed by atoms with E-state index in [2.05, 4.69) is 17.1 Å². The molecular weight excluding hydrogens is 430 g/mol. The number of benzene rings is 2. The summed E-state index contributed by atoms with van der Waals surface area (Å²) < 4.78 is 6.26. The van der Waals surface area contributed by atoms with Crippen molar-refractivity contribution in [3.63, 3.8) is 0 Å². The van der Waals surface area contributed by atoms with Crippen LogP contribution in [0.25, 0.3) is 17.0 Å². The molecule has 3 heterocycles. The molecule has 5 rings (SSSR count). The van der Waals surface area contributed by atoms with Crippen molar-refractivity contribution in [2.75, 3.05) is 13.2 Å². The van der Waals surface area contributed by atoms with Crippen molar-refractivity contribution in [1.82, 2.24) is 24.9 Å². The molecule has 1 saturated heterocycles. The Morgan fingerprint density at radius 2 is 1.79 bits per heavy atom. The Morgan fingerprint density at radius 1 is 1.06 bits per heavy atom. The molecule has 8 heteroatoms. The van der Waals surface area contributed by atoms with Gasteiger partial charge in [-0.05, 0) is 31.9 Å². The number of nitrogens with zero attached hydrogens (tertiary/aromatic N) is 5. The van der Waals surface area contributed by atoms with E-state index in [1.165, 1.54) is 4.80 Å². The first-order chi connectivity index (χ1) is 16.7. The van der Waals surface area contributed by atoms with Crippen molar-refractivity contribution in [2.45, 2.75) is 38.1 Å². The van der Waals surface area contributed by atoms with Crippen molar-refractivity contribution in [3.05, 3.63) is 84.1 Å². The number of aromatic nitrogens is 4. The maximum absolute atomic E-state index is 13.7. The summed E-state index contributed by atoms with van der Waals surface area (Å²) in [5.74, 6) is 1.23. The van der Waals surface area contributed by atoms with Crippen LogP contribution in [0.2, 0.25) is 0 Å². The number of hydrogen-bond donors (Lipinski definition) is 1. The standard InChI is InChI=1S/C26H27N5O3/c1-18-11-12-20(25-29-22(13-16-32)24(34-25)19-7-3-2-4-8-19)17-30(18)26(33)21-9-5-6-10-23(21)31-27-14-15-28-31/h2-10,14-15,18,20,32H,11-13,16-17H2,1H3/t18-,20-/m1/s1. The van der Waals surface area contributed by atoms with Gasteiger partial charge in [-0.25, -0.2) is 4.98 Å². The first-order valence-corrected chi connectivity index (χ1v) is 11.6. The Hall–Kier alpha value is -3.78. The smallest absolute Gasteiger partial charge is 0.256 e. The third kappa shape index (κ3) is 4.24. The molecule has 2 atom stereocenters. The van der Waals surface area contributed by atoms with Crippen LogP contribution in [-0.4, -0.2) is 55.1 Å². The summed E-state index contributed by atoms with van der Waals surface area (Å²) in [6.07, 6.45) is 5.33. The van der Waals surface area contributed by atoms with Gasteiger partial charge >= 0.3 is 0 Å². The van der Waals surface area contributed by atoms with Crippen LogP contribution in [-0.2, 0) is 6.42 Å². The Bertz CT molecular complexity index is 1250. The molecule has 0 aliphatic carbocycles. The predicted octanol–water partition coefficient (Wildman–Crippen LogP) is 3.87. The number of aliphatic hydroxyl groups is 1. The van der Waals surface area contributed by atoms with Crippen LogP contribution in [0.15, 0.2) is 71.4 Å². The second kappa shape index (κ2) is 9.61. The molecule has 174 valence electrons. The molecule has 34 heavy (non-hydrogen) atoms. The van der Waals surface area contributed by atoms with Crippen LogP contribution < -0.4 is 0 Å². The summed E-state index contributed by atoms with van der Waals surface area (Å²) >= 11 is 0. The minimum absolute atomic E-state index is 0.00360. The molecule has 0 spiro atoms. The van der Waals surface area contributed by atoms with E-state index in [1.54, 1.807) is 12.4 Å². The van der Waals surface area contributed by atoms with Gasteiger partial charge < -0.3 is 14.4 Å². The van der Waals surface area contributed by atoms with Crippen LogP contribution in [0.3, 0.4) is 0 Å². The van der Waals surface area contributed by atoms with Crippen molar-refractivity contribution in [1.29, 1.82) is 0 Å². The van der Waals surface area contributed by atoms with E-state index in [0.29, 0.717) is 35.9 Å². The monoisotopic (exact) mass is 457 g/mol. The number of aliphatic hydroxyl groups excluding tert-OH is 1. The largest absolute Gasteiger partial charge is 0.440 e. The second-order valence-electron chi connectivity index (χ2n) is 8.58. The molecule has 0 radical (unpaired) electrons. The van der Waals surface area contributed by atoms with E-state index >= 15 is 0 Å². The molecule has 0 bridgehead atoms. The molecular formula is C26H27N5O3. The molecule has 8 nitrogen and oxygen atoms in total. The average molecular weight is 458 g/mol. The summed E-state index contributed by atoms with van der Waals surface area (Å²) in [5.41, 5.74) is 2.89. The zero-order valence-corrected chi connectivity index (χ0v) is 19.0. The zero-order chi connectivity index (χ0) is 23.5. The predicted molar refractivity (Wildman–Crippen MR) is 127 cm³/mol. The fourth-order valence-corrected chi connectivity index (χ4v) is 4.55. The molecule has 1 aliphatic rings. The number of likely N-dealkylation sites (tertiary alicyclic amines) is 1. The van der Waals surface area contributed by atoms with Crippen LogP contribution in [0.5, 0.6) is 0 Å². The number of carbonyl (C=O) groups is 1. The van der Waals surface area contributed by atoms with Crippen LogP contribution in [0.1, 0.15) is 47.6 Å². The Morgan fingerprint density at radius 3 is 2.56 bits per heavy atom. The summed E-state index contributed by atoms with van der Waals surface area (Å²) in [6, 6.07) is 17.3. The van der Waals surface area contributed by atoms with Gasteiger partial charge in [0.05, 0.1) is 35.3 Å². The molecule has 1 N–H and O–H groups in total. The number of amides is 1. The van der Waals surface area contributed by atoms with Crippen molar-refractivity contribution in [3.8, 4) is 17.0 Å². The van der Waals surface area contributed by atoms with Crippen LogP contribution >= 0.6 is 0 Å². The van der Waals surface area contributed by atoms with E-state index in [1.807, 2.05) is 59.5 Å². The lowest BCUT2D eigenvalue weighted by molar-refractivity contribution is 0.0597. The fourth-order valence-electron chi connectivity index (χ4n) is 4.55. The highest BCUT2D eigenvalue weighted by Gasteiger charge is 2.34. The third-order valence-corrected chi connectivity index (χ3v) is 6.36. The van der Waals surface area contributed by atoms with Crippen molar-refractivity contribution < 1.29 is 14.3 Å². The van der Waals surface area contributed by atoms with Gasteiger partial charge in [0.2, 0.25) is 0 Å². The van der Waals surface area contributed by atoms with Gasteiger partial charge in [-0.3, -0.25) is 4.79 Å². The topological polar surface area (TPSA) is 97.3 Å². The van der Waals surface area contributed by atoms with E-state index < -0.39 is 0 Å². The molecule has 2 aromatic carbocycles. The summed E-state index contributed by atoms with van der Waals surface area (Å²) in [6.45, 7) is 2.58. The van der Waals surface area contributed by atoms with Crippen LogP contribution in [0, 0.1) is 0 Å². The average Bonchev–Trinajstić information content (AvgIpc) is 3.56. The van der Waals surface area contributed by atoms with Gasteiger partial charge in [-0.1, -0.05) is 42.5 Å². The Kier molecular flexibility index (Phi) is 6.22. The van der Waals surface area contributed by atoms with Crippen molar-refractivity contribution >= 4 is 5.91 Å². The SMILES string of the molecule is C[C@@H]1CC[C@@H](c2nc(CCO)c(-c3ccccc3)o2)CN1C(=O)c1ccccc1-n1nccn1. The van der Waals surface area contributed by atoms with Gasteiger partial charge in [0.15, 0.2) is 11.7 Å². The highest BCUT2D eigenvalue weighted by atomic mass is 16.4. The van der Waals surface area contributed by atoms with E-state index in [4.69, 9.17) is 9.40 Å². The summed E-state index contributed by atoms with van der Waals surface area (Å²) in [4.78, 5) is 21.8. The Labute approximate surface area is 197 Å². The molecule has 1 aliphatic heterocycles. The van der Waals surface area contributed by atoms with Gasteiger partial charge in [0.1, 0.15) is 0 Å². The summed E-state index contributed by atoms with van der Waals surface area (Å²) in [5, 5.41) is 18.0. The zero-order valence-electron chi connectivity index (χ0n) is 19.0. The first-order valence-electron chi connectivity index (χ1n) is 11.6. The lowest BCUT2D eigenvalue weighted by atomic mass is 9.92. The maximum atomic E-state index is 13.7. The fraction of sp³-hybridized carbons (Fsp3) is 0.308.